The molecule has 24 heavy (non-hydrogen) atoms. The van der Waals surface area contributed by atoms with Crippen LogP contribution in [0.1, 0.15) is 28.4 Å². The molecule has 0 spiro atoms. The fraction of sp³-hybridized carbons (Fsp3) is 0.263. The Morgan fingerprint density at radius 2 is 2.04 bits per heavy atom. The van der Waals surface area contributed by atoms with Crippen molar-refractivity contribution in [1.82, 2.24) is 4.57 Å². The van der Waals surface area contributed by atoms with E-state index in [0.717, 1.165) is 21.8 Å². The number of carbonyl (C=O) groups excluding carboxylic acids is 1. The molecule has 5 heteroatoms. The fourth-order valence-electron chi connectivity index (χ4n) is 2.81. The average molecular weight is 357 g/mol. The van der Waals surface area contributed by atoms with Crippen molar-refractivity contribution >= 4 is 39.2 Å². The lowest BCUT2D eigenvalue weighted by Gasteiger charge is -2.03. The lowest BCUT2D eigenvalue weighted by Crippen LogP contribution is -2.15. The van der Waals surface area contributed by atoms with E-state index >= 15 is 0 Å². The topological polar surface area (TPSA) is 34.4 Å². The summed E-state index contributed by atoms with van der Waals surface area (Å²) in [7, 11) is 0. The van der Waals surface area contributed by atoms with E-state index in [4.69, 9.17) is 0 Å². The number of thiazole rings is 1. The number of rotatable bonds is 3. The highest BCUT2D eigenvalue weighted by Gasteiger charge is 2.10. The van der Waals surface area contributed by atoms with Crippen LogP contribution >= 0.6 is 23.1 Å². The molecule has 0 saturated carbocycles. The monoisotopic (exact) mass is 356 g/mol. The van der Waals surface area contributed by atoms with Gasteiger partial charge in [0.25, 0.3) is 5.91 Å². The van der Waals surface area contributed by atoms with Gasteiger partial charge < -0.3 is 4.57 Å². The maximum atomic E-state index is 12.6. The van der Waals surface area contributed by atoms with Crippen LogP contribution in [0.25, 0.3) is 10.2 Å². The molecule has 3 nitrogen and oxygen atoms in total. The number of hydrogen-bond donors (Lipinski definition) is 0. The molecule has 124 valence electrons. The van der Waals surface area contributed by atoms with E-state index in [0.29, 0.717) is 5.56 Å². The van der Waals surface area contributed by atoms with E-state index in [2.05, 4.69) is 42.5 Å². The number of carbonyl (C=O) groups is 1. The molecule has 0 atom stereocenters. The van der Waals surface area contributed by atoms with Crippen molar-refractivity contribution in [1.29, 1.82) is 0 Å². The second kappa shape index (κ2) is 6.95. The first-order chi connectivity index (χ1) is 11.5. The van der Waals surface area contributed by atoms with Gasteiger partial charge in [0.05, 0.1) is 10.2 Å². The third-order valence-corrected chi connectivity index (χ3v) is 5.90. The largest absolute Gasteiger partial charge is 0.317 e. The highest BCUT2D eigenvalue weighted by molar-refractivity contribution is 7.98. The SMILES string of the molecule is CCn1c(=NC(=O)c2cccc(SC)c2)sc2c(C)cc(C)cc21. The van der Waals surface area contributed by atoms with Crippen LogP contribution in [0.15, 0.2) is 46.3 Å². The Morgan fingerprint density at radius 1 is 1.25 bits per heavy atom. The number of aryl methyl sites for hydroxylation is 3. The second-order valence-corrected chi connectivity index (χ2v) is 7.57. The minimum Gasteiger partial charge on any atom is -0.317 e. The first-order valence-corrected chi connectivity index (χ1v) is 9.91. The van der Waals surface area contributed by atoms with E-state index < -0.39 is 0 Å². The lowest BCUT2D eigenvalue weighted by molar-refractivity contribution is 0.0997. The molecule has 1 amide bonds. The fourth-order valence-corrected chi connectivity index (χ4v) is 4.41. The Morgan fingerprint density at radius 3 is 2.75 bits per heavy atom. The summed E-state index contributed by atoms with van der Waals surface area (Å²) in [5.41, 5.74) is 4.25. The first-order valence-electron chi connectivity index (χ1n) is 7.87. The van der Waals surface area contributed by atoms with Crippen molar-refractivity contribution in [2.45, 2.75) is 32.2 Å². The lowest BCUT2D eigenvalue weighted by atomic mass is 10.1. The zero-order valence-electron chi connectivity index (χ0n) is 14.3. The number of aromatic nitrogens is 1. The van der Waals surface area contributed by atoms with Crippen molar-refractivity contribution in [2.24, 2.45) is 4.99 Å². The van der Waals surface area contributed by atoms with Gasteiger partial charge in [-0.2, -0.15) is 4.99 Å². The molecular formula is C19H20N2OS2. The van der Waals surface area contributed by atoms with Crippen LogP contribution in [-0.2, 0) is 6.54 Å². The number of amides is 1. The molecule has 0 unspecified atom stereocenters. The van der Waals surface area contributed by atoms with Crippen molar-refractivity contribution in [3.8, 4) is 0 Å². The third-order valence-electron chi connectivity index (χ3n) is 3.94. The average Bonchev–Trinajstić information content (AvgIpc) is 2.92. The summed E-state index contributed by atoms with van der Waals surface area (Å²) in [6.45, 7) is 7.08. The van der Waals surface area contributed by atoms with Gasteiger partial charge in [0.2, 0.25) is 0 Å². The van der Waals surface area contributed by atoms with Crippen molar-refractivity contribution in [3.05, 3.63) is 57.9 Å². The summed E-state index contributed by atoms with van der Waals surface area (Å²) in [6, 6.07) is 12.0. The van der Waals surface area contributed by atoms with Crippen LogP contribution in [0, 0.1) is 13.8 Å². The Balaban J connectivity index is 2.15. The summed E-state index contributed by atoms with van der Waals surface area (Å²) in [4.78, 5) is 18.8. The van der Waals surface area contributed by atoms with Crippen LogP contribution in [0.2, 0.25) is 0 Å². The minimum absolute atomic E-state index is 0.186. The molecule has 1 heterocycles. The highest BCUT2D eigenvalue weighted by Crippen LogP contribution is 2.23. The van der Waals surface area contributed by atoms with E-state index in [9.17, 15) is 4.79 Å². The van der Waals surface area contributed by atoms with Gasteiger partial charge in [-0.25, -0.2) is 0 Å². The third kappa shape index (κ3) is 3.19. The van der Waals surface area contributed by atoms with Crippen LogP contribution in [-0.4, -0.2) is 16.7 Å². The maximum absolute atomic E-state index is 12.6. The van der Waals surface area contributed by atoms with E-state index in [1.54, 1.807) is 23.1 Å². The molecule has 0 fully saturated rings. The first kappa shape index (κ1) is 17.0. The van der Waals surface area contributed by atoms with Gasteiger partial charge in [-0.05, 0) is 62.4 Å². The molecule has 0 saturated heterocycles. The number of hydrogen-bond acceptors (Lipinski definition) is 3. The van der Waals surface area contributed by atoms with Crippen molar-refractivity contribution < 1.29 is 4.79 Å². The van der Waals surface area contributed by atoms with Gasteiger partial charge in [-0.3, -0.25) is 4.79 Å². The highest BCUT2D eigenvalue weighted by atomic mass is 32.2. The van der Waals surface area contributed by atoms with Gasteiger partial charge in [0, 0.05) is 17.0 Å². The molecule has 0 N–H and O–H groups in total. The number of thioether (sulfide) groups is 1. The molecule has 1 aromatic heterocycles. The summed E-state index contributed by atoms with van der Waals surface area (Å²) >= 11 is 3.21. The molecular weight excluding hydrogens is 336 g/mol. The van der Waals surface area contributed by atoms with Crippen LogP contribution < -0.4 is 4.80 Å². The molecule has 0 aliphatic heterocycles. The number of nitrogens with zero attached hydrogens (tertiary/aromatic N) is 2. The van der Waals surface area contributed by atoms with Crippen molar-refractivity contribution in [3.63, 3.8) is 0 Å². The van der Waals surface area contributed by atoms with Crippen molar-refractivity contribution in [2.75, 3.05) is 6.26 Å². The molecule has 3 rings (SSSR count). The van der Waals surface area contributed by atoms with Crippen LogP contribution in [0.3, 0.4) is 0 Å². The van der Waals surface area contributed by atoms with Gasteiger partial charge in [-0.15, -0.1) is 11.8 Å². The van der Waals surface area contributed by atoms with Crippen LogP contribution in [0.4, 0.5) is 0 Å². The standard InChI is InChI=1S/C19H20N2OS2/c1-5-21-16-10-12(2)9-13(3)17(16)24-19(21)20-18(22)14-7-6-8-15(11-14)23-4/h6-11H,5H2,1-4H3. The molecule has 0 radical (unpaired) electrons. The van der Waals surface area contributed by atoms with Gasteiger partial charge in [0.15, 0.2) is 4.80 Å². The van der Waals surface area contributed by atoms with E-state index in [-0.39, 0.29) is 5.91 Å². The Kier molecular flexibility index (Phi) is 4.92. The van der Waals surface area contributed by atoms with E-state index in [1.165, 1.54) is 15.8 Å². The predicted octanol–water partition coefficient (Wildman–Crippen LogP) is 4.80. The Hall–Kier alpha value is -1.85. The van der Waals surface area contributed by atoms with Gasteiger partial charge in [0.1, 0.15) is 0 Å². The molecule has 0 bridgehead atoms. The predicted molar refractivity (Wildman–Crippen MR) is 103 cm³/mol. The van der Waals surface area contributed by atoms with Gasteiger partial charge >= 0.3 is 0 Å². The maximum Gasteiger partial charge on any atom is 0.279 e. The number of fused-ring (bicyclic) bond motifs is 1. The molecule has 0 aliphatic rings. The summed E-state index contributed by atoms with van der Waals surface area (Å²) < 4.78 is 3.32. The summed E-state index contributed by atoms with van der Waals surface area (Å²) in [6.07, 6.45) is 2.00. The summed E-state index contributed by atoms with van der Waals surface area (Å²) in [5.74, 6) is -0.186. The Bertz CT molecular complexity index is 983. The zero-order chi connectivity index (χ0) is 17.3. The van der Waals surface area contributed by atoms with Gasteiger partial charge in [-0.1, -0.05) is 23.5 Å². The van der Waals surface area contributed by atoms with E-state index in [1.807, 2.05) is 30.5 Å². The Labute approximate surface area is 150 Å². The second-order valence-electron chi connectivity index (χ2n) is 5.71. The molecule has 0 aliphatic carbocycles. The van der Waals surface area contributed by atoms with Crippen LogP contribution in [0.5, 0.6) is 0 Å². The quantitative estimate of drug-likeness (QED) is 0.632. The summed E-state index contributed by atoms with van der Waals surface area (Å²) in [5, 5.41) is 0. The minimum atomic E-state index is -0.186. The molecule has 3 aromatic rings. The zero-order valence-corrected chi connectivity index (χ0v) is 15.9. The number of benzene rings is 2. The molecule has 2 aromatic carbocycles. The smallest absolute Gasteiger partial charge is 0.279 e. The normalized spacial score (nSPS) is 12.1.